The van der Waals surface area contributed by atoms with Crippen LogP contribution in [0.15, 0.2) is 48.7 Å². The molecule has 1 aromatic carbocycles. The van der Waals surface area contributed by atoms with Crippen LogP contribution in [-0.2, 0) is 11.3 Å². The first kappa shape index (κ1) is 12.4. The molecule has 3 heterocycles. The Morgan fingerprint density at radius 2 is 2.14 bits per heavy atom. The third-order valence-corrected chi connectivity index (χ3v) is 3.94. The maximum Gasteiger partial charge on any atom is 0.135 e. The van der Waals surface area contributed by atoms with Gasteiger partial charge in [0, 0.05) is 18.3 Å². The molecule has 4 nitrogen and oxygen atoms in total. The highest BCUT2D eigenvalue weighted by Gasteiger charge is 2.17. The predicted octanol–water partition coefficient (Wildman–Crippen LogP) is 3.77. The fourth-order valence-corrected chi connectivity index (χ4v) is 2.79. The first-order valence-corrected chi connectivity index (χ1v) is 7.25. The number of pyridine rings is 1. The molecule has 2 N–H and O–H groups in total. The lowest BCUT2D eigenvalue weighted by atomic mass is 10.0. The van der Waals surface area contributed by atoms with Crippen molar-refractivity contribution >= 4 is 17.2 Å². The summed E-state index contributed by atoms with van der Waals surface area (Å²) < 4.78 is 5.80. The van der Waals surface area contributed by atoms with Gasteiger partial charge in [0.1, 0.15) is 5.82 Å². The monoisotopic (exact) mass is 279 g/mol. The van der Waals surface area contributed by atoms with Crippen LogP contribution in [0.3, 0.4) is 0 Å². The van der Waals surface area contributed by atoms with E-state index < -0.39 is 0 Å². The van der Waals surface area contributed by atoms with E-state index in [1.165, 1.54) is 11.1 Å². The van der Waals surface area contributed by atoms with Gasteiger partial charge in [-0.2, -0.15) is 0 Å². The van der Waals surface area contributed by atoms with Gasteiger partial charge in [0.15, 0.2) is 0 Å². The SMILES string of the molecule is C1=CC[C@H](c2ccc3c(c2)NCc2cccnc2N3)OC1. The Morgan fingerprint density at radius 3 is 3.05 bits per heavy atom. The number of aromatic nitrogens is 1. The Bertz CT molecular complexity index is 696. The van der Waals surface area contributed by atoms with Gasteiger partial charge in [-0.25, -0.2) is 4.98 Å². The molecule has 4 heteroatoms. The second-order valence-corrected chi connectivity index (χ2v) is 5.32. The number of anilines is 3. The van der Waals surface area contributed by atoms with Crippen LogP contribution in [0.4, 0.5) is 17.2 Å². The zero-order valence-corrected chi connectivity index (χ0v) is 11.7. The molecule has 0 saturated heterocycles. The Hall–Kier alpha value is -2.33. The first-order valence-electron chi connectivity index (χ1n) is 7.25. The van der Waals surface area contributed by atoms with Crippen molar-refractivity contribution in [3.63, 3.8) is 0 Å². The van der Waals surface area contributed by atoms with Gasteiger partial charge in [-0.1, -0.05) is 24.3 Å². The lowest BCUT2D eigenvalue weighted by Crippen LogP contribution is -2.08. The highest BCUT2D eigenvalue weighted by molar-refractivity contribution is 5.77. The Morgan fingerprint density at radius 1 is 1.14 bits per heavy atom. The number of hydrogen-bond donors (Lipinski definition) is 2. The molecule has 106 valence electrons. The Labute approximate surface area is 123 Å². The molecule has 0 fully saturated rings. The van der Waals surface area contributed by atoms with E-state index >= 15 is 0 Å². The van der Waals surface area contributed by atoms with Crippen LogP contribution in [-0.4, -0.2) is 11.6 Å². The number of nitrogens with one attached hydrogen (secondary N) is 2. The molecule has 0 unspecified atom stereocenters. The van der Waals surface area contributed by atoms with E-state index in [2.05, 4.69) is 52.0 Å². The molecule has 1 atom stereocenters. The number of ether oxygens (including phenoxy) is 1. The number of hydrogen-bond acceptors (Lipinski definition) is 4. The Balaban J connectivity index is 1.66. The highest BCUT2D eigenvalue weighted by Crippen LogP contribution is 2.34. The number of fused-ring (bicyclic) bond motifs is 2. The van der Waals surface area contributed by atoms with E-state index in [4.69, 9.17) is 4.74 Å². The van der Waals surface area contributed by atoms with Crippen LogP contribution >= 0.6 is 0 Å². The summed E-state index contributed by atoms with van der Waals surface area (Å²) in [6.45, 7) is 1.47. The standard InChI is InChI=1S/C17H17N3O/c1-2-9-21-16(5-1)12-6-7-14-15(10-12)19-11-13-4-3-8-18-17(13)20-14/h1-4,6-8,10,16,19H,5,9,11H2,(H,18,20)/t16-/m1/s1. The number of rotatable bonds is 1. The van der Waals surface area contributed by atoms with Gasteiger partial charge in [-0.05, 0) is 30.2 Å². The van der Waals surface area contributed by atoms with E-state index in [1.807, 2.05) is 12.3 Å². The lowest BCUT2D eigenvalue weighted by molar-refractivity contribution is 0.0678. The smallest absolute Gasteiger partial charge is 0.135 e. The van der Waals surface area contributed by atoms with Gasteiger partial charge in [-0.15, -0.1) is 0 Å². The second kappa shape index (κ2) is 5.22. The third kappa shape index (κ3) is 2.38. The van der Waals surface area contributed by atoms with Crippen molar-refractivity contribution in [3.05, 3.63) is 59.8 Å². The van der Waals surface area contributed by atoms with Crippen LogP contribution in [0.25, 0.3) is 0 Å². The molecular formula is C17H17N3O. The van der Waals surface area contributed by atoms with Gasteiger partial charge in [0.2, 0.25) is 0 Å². The van der Waals surface area contributed by atoms with Crippen LogP contribution in [0.2, 0.25) is 0 Å². The van der Waals surface area contributed by atoms with Gasteiger partial charge in [0.05, 0.1) is 24.1 Å². The number of nitrogens with zero attached hydrogens (tertiary/aromatic N) is 1. The summed E-state index contributed by atoms with van der Waals surface area (Å²) in [6.07, 6.45) is 7.17. The van der Waals surface area contributed by atoms with Gasteiger partial charge in [-0.3, -0.25) is 0 Å². The van der Waals surface area contributed by atoms with E-state index in [-0.39, 0.29) is 6.10 Å². The average molecular weight is 279 g/mol. The van der Waals surface area contributed by atoms with Crippen LogP contribution in [0, 0.1) is 0 Å². The molecule has 4 rings (SSSR count). The zero-order chi connectivity index (χ0) is 14.1. The van der Waals surface area contributed by atoms with Crippen LogP contribution in [0.1, 0.15) is 23.7 Å². The van der Waals surface area contributed by atoms with Crippen molar-refractivity contribution in [3.8, 4) is 0 Å². The number of benzene rings is 1. The predicted molar refractivity (Wildman–Crippen MR) is 83.7 cm³/mol. The molecule has 2 aliphatic heterocycles. The van der Waals surface area contributed by atoms with Crippen LogP contribution < -0.4 is 10.6 Å². The first-order chi connectivity index (χ1) is 10.4. The highest BCUT2D eigenvalue weighted by atomic mass is 16.5. The molecule has 0 radical (unpaired) electrons. The second-order valence-electron chi connectivity index (χ2n) is 5.32. The summed E-state index contributed by atoms with van der Waals surface area (Å²) in [5.41, 5.74) is 4.55. The van der Waals surface area contributed by atoms with Crippen molar-refractivity contribution in [2.75, 3.05) is 17.2 Å². The maximum absolute atomic E-state index is 5.80. The minimum Gasteiger partial charge on any atom is -0.379 e. The van der Waals surface area contributed by atoms with Gasteiger partial charge in [0.25, 0.3) is 0 Å². The summed E-state index contributed by atoms with van der Waals surface area (Å²) in [5.74, 6) is 0.924. The topological polar surface area (TPSA) is 46.2 Å². The lowest BCUT2D eigenvalue weighted by Gasteiger charge is -2.20. The zero-order valence-electron chi connectivity index (χ0n) is 11.7. The molecule has 2 aliphatic rings. The Kier molecular flexibility index (Phi) is 3.09. The van der Waals surface area contributed by atoms with Gasteiger partial charge >= 0.3 is 0 Å². The molecule has 21 heavy (non-hydrogen) atoms. The van der Waals surface area contributed by atoms with E-state index in [0.717, 1.165) is 30.2 Å². The fourth-order valence-electron chi connectivity index (χ4n) is 2.79. The molecule has 2 aromatic rings. The van der Waals surface area contributed by atoms with Crippen molar-refractivity contribution in [2.45, 2.75) is 19.1 Å². The normalized spacial score (nSPS) is 19.7. The van der Waals surface area contributed by atoms with Crippen molar-refractivity contribution < 1.29 is 4.74 Å². The molecule has 0 spiro atoms. The largest absolute Gasteiger partial charge is 0.379 e. The van der Waals surface area contributed by atoms with Crippen molar-refractivity contribution in [1.29, 1.82) is 0 Å². The van der Waals surface area contributed by atoms with E-state index in [9.17, 15) is 0 Å². The van der Waals surface area contributed by atoms with Crippen molar-refractivity contribution in [2.24, 2.45) is 0 Å². The van der Waals surface area contributed by atoms with Crippen LogP contribution in [0.5, 0.6) is 0 Å². The summed E-state index contributed by atoms with van der Waals surface area (Å²) >= 11 is 0. The summed E-state index contributed by atoms with van der Waals surface area (Å²) in [4.78, 5) is 4.41. The summed E-state index contributed by atoms with van der Waals surface area (Å²) in [6, 6.07) is 10.5. The molecule has 1 aromatic heterocycles. The third-order valence-electron chi connectivity index (χ3n) is 3.94. The molecular weight excluding hydrogens is 262 g/mol. The minimum absolute atomic E-state index is 0.158. The maximum atomic E-state index is 5.80. The van der Waals surface area contributed by atoms with Gasteiger partial charge < -0.3 is 15.4 Å². The fraction of sp³-hybridized carbons (Fsp3) is 0.235. The molecule has 0 aliphatic carbocycles. The molecule has 0 amide bonds. The minimum atomic E-state index is 0.158. The average Bonchev–Trinajstić information content (AvgIpc) is 2.74. The summed E-state index contributed by atoms with van der Waals surface area (Å²) in [7, 11) is 0. The van der Waals surface area contributed by atoms with E-state index in [0.29, 0.717) is 6.61 Å². The quantitative estimate of drug-likeness (QED) is 0.780. The summed E-state index contributed by atoms with van der Waals surface area (Å²) in [5, 5.41) is 6.89. The molecule has 0 saturated carbocycles. The van der Waals surface area contributed by atoms with Crippen molar-refractivity contribution in [1.82, 2.24) is 4.98 Å². The van der Waals surface area contributed by atoms with E-state index in [1.54, 1.807) is 0 Å². The molecule has 0 bridgehead atoms.